The SMILES string of the molecule is CCOC(=O)[C@@H]1CCCN(CC(=O)NCC(=O)Nc2cccc(Cl)c2C)C1. The van der Waals surface area contributed by atoms with E-state index in [0.29, 0.717) is 23.9 Å². The van der Waals surface area contributed by atoms with Gasteiger partial charge in [0, 0.05) is 17.3 Å². The number of anilines is 1. The Morgan fingerprint density at radius 3 is 2.81 bits per heavy atom. The number of rotatable bonds is 7. The maximum Gasteiger partial charge on any atom is 0.310 e. The Morgan fingerprint density at radius 1 is 1.30 bits per heavy atom. The predicted molar refractivity (Wildman–Crippen MR) is 104 cm³/mol. The van der Waals surface area contributed by atoms with E-state index in [2.05, 4.69) is 10.6 Å². The molecule has 1 fully saturated rings. The fraction of sp³-hybridized carbons (Fsp3) is 0.526. The van der Waals surface area contributed by atoms with Crippen molar-refractivity contribution in [3.8, 4) is 0 Å². The van der Waals surface area contributed by atoms with Gasteiger partial charge in [-0.25, -0.2) is 0 Å². The van der Waals surface area contributed by atoms with E-state index < -0.39 is 0 Å². The van der Waals surface area contributed by atoms with Gasteiger partial charge in [0.05, 0.1) is 25.6 Å². The van der Waals surface area contributed by atoms with Gasteiger partial charge < -0.3 is 15.4 Å². The third-order valence-corrected chi connectivity index (χ3v) is 4.89. The number of likely N-dealkylation sites (tertiary alicyclic amines) is 1. The van der Waals surface area contributed by atoms with E-state index in [4.69, 9.17) is 16.3 Å². The van der Waals surface area contributed by atoms with Gasteiger partial charge in [0.1, 0.15) is 0 Å². The molecular weight excluding hydrogens is 370 g/mol. The first-order valence-corrected chi connectivity index (χ1v) is 9.49. The topological polar surface area (TPSA) is 87.7 Å². The highest BCUT2D eigenvalue weighted by Crippen LogP contribution is 2.22. The first-order chi connectivity index (χ1) is 12.9. The van der Waals surface area contributed by atoms with Crippen LogP contribution in [0, 0.1) is 12.8 Å². The van der Waals surface area contributed by atoms with Crippen LogP contribution in [0.5, 0.6) is 0 Å². The Balaban J connectivity index is 1.76. The van der Waals surface area contributed by atoms with E-state index in [0.717, 1.165) is 24.9 Å². The van der Waals surface area contributed by atoms with E-state index in [-0.39, 0.29) is 36.8 Å². The summed E-state index contributed by atoms with van der Waals surface area (Å²) in [5.41, 5.74) is 1.40. The van der Waals surface area contributed by atoms with Gasteiger partial charge in [0.15, 0.2) is 0 Å². The Hall–Kier alpha value is -2.12. The molecule has 2 N–H and O–H groups in total. The van der Waals surface area contributed by atoms with Gasteiger partial charge in [-0.3, -0.25) is 19.3 Å². The number of nitrogens with zero attached hydrogens (tertiary/aromatic N) is 1. The van der Waals surface area contributed by atoms with Crippen molar-refractivity contribution in [3.05, 3.63) is 28.8 Å². The standard InChI is InChI=1S/C19H26ClN3O4/c1-3-27-19(26)14-6-5-9-23(11-14)12-18(25)21-10-17(24)22-16-8-4-7-15(20)13(16)2/h4,7-8,14H,3,5-6,9-12H2,1-2H3,(H,21,25)(H,22,24)/t14-/m1/s1. The van der Waals surface area contributed by atoms with Crippen LogP contribution >= 0.6 is 11.6 Å². The summed E-state index contributed by atoms with van der Waals surface area (Å²) in [6, 6.07) is 5.25. The van der Waals surface area contributed by atoms with Crippen molar-refractivity contribution in [2.75, 3.05) is 38.1 Å². The van der Waals surface area contributed by atoms with Gasteiger partial charge in [-0.2, -0.15) is 0 Å². The largest absolute Gasteiger partial charge is 0.466 e. The van der Waals surface area contributed by atoms with Crippen LogP contribution in [-0.2, 0) is 19.1 Å². The highest BCUT2D eigenvalue weighted by atomic mass is 35.5. The van der Waals surface area contributed by atoms with Gasteiger partial charge in [0.2, 0.25) is 11.8 Å². The molecule has 27 heavy (non-hydrogen) atoms. The van der Waals surface area contributed by atoms with Gasteiger partial charge >= 0.3 is 5.97 Å². The van der Waals surface area contributed by atoms with Crippen molar-refractivity contribution >= 4 is 35.1 Å². The monoisotopic (exact) mass is 395 g/mol. The highest BCUT2D eigenvalue weighted by molar-refractivity contribution is 6.31. The molecule has 0 radical (unpaired) electrons. The summed E-state index contributed by atoms with van der Waals surface area (Å²) in [7, 11) is 0. The molecule has 1 aromatic rings. The lowest BCUT2D eigenvalue weighted by Crippen LogP contribution is -2.45. The Kier molecular flexibility index (Phi) is 8.06. The Morgan fingerprint density at radius 2 is 2.07 bits per heavy atom. The van der Waals surface area contributed by atoms with Crippen molar-refractivity contribution in [1.82, 2.24) is 10.2 Å². The third kappa shape index (κ3) is 6.52. The van der Waals surface area contributed by atoms with E-state index in [1.54, 1.807) is 25.1 Å². The lowest BCUT2D eigenvalue weighted by Gasteiger charge is -2.30. The van der Waals surface area contributed by atoms with E-state index in [1.165, 1.54) is 0 Å². The van der Waals surface area contributed by atoms with Crippen molar-refractivity contribution < 1.29 is 19.1 Å². The number of carbonyl (C=O) groups is 3. The third-order valence-electron chi connectivity index (χ3n) is 4.48. The van der Waals surface area contributed by atoms with Crippen LogP contribution in [0.4, 0.5) is 5.69 Å². The Bertz CT molecular complexity index is 696. The highest BCUT2D eigenvalue weighted by Gasteiger charge is 2.27. The maximum absolute atomic E-state index is 12.1. The molecule has 1 aromatic carbocycles. The van der Waals surface area contributed by atoms with Crippen molar-refractivity contribution in [2.45, 2.75) is 26.7 Å². The number of esters is 1. The molecule has 148 valence electrons. The molecule has 0 spiro atoms. The van der Waals surface area contributed by atoms with Crippen LogP contribution in [0.3, 0.4) is 0 Å². The summed E-state index contributed by atoms with van der Waals surface area (Å²) in [6.45, 7) is 5.22. The summed E-state index contributed by atoms with van der Waals surface area (Å²) in [5, 5.41) is 5.91. The van der Waals surface area contributed by atoms with Gasteiger partial charge in [-0.1, -0.05) is 17.7 Å². The number of amides is 2. The number of hydrogen-bond donors (Lipinski definition) is 2. The average Bonchev–Trinajstić information content (AvgIpc) is 2.64. The van der Waals surface area contributed by atoms with E-state index in [9.17, 15) is 14.4 Å². The molecule has 0 aromatic heterocycles. The minimum absolute atomic E-state index is 0.125. The second kappa shape index (κ2) is 10.3. The fourth-order valence-electron chi connectivity index (χ4n) is 3.03. The van der Waals surface area contributed by atoms with E-state index >= 15 is 0 Å². The minimum atomic E-state index is -0.322. The minimum Gasteiger partial charge on any atom is -0.466 e. The van der Waals surface area contributed by atoms with E-state index in [1.807, 2.05) is 11.8 Å². The smallest absolute Gasteiger partial charge is 0.310 e. The number of hydrogen-bond acceptors (Lipinski definition) is 5. The predicted octanol–water partition coefficient (Wildman–Crippen LogP) is 1.98. The molecule has 0 unspecified atom stereocenters. The molecule has 7 nitrogen and oxygen atoms in total. The zero-order chi connectivity index (χ0) is 19.8. The Labute approximate surface area is 164 Å². The number of halogens is 1. The van der Waals surface area contributed by atoms with Crippen LogP contribution in [0.2, 0.25) is 5.02 Å². The van der Waals surface area contributed by atoms with Crippen LogP contribution < -0.4 is 10.6 Å². The lowest BCUT2D eigenvalue weighted by molar-refractivity contribution is -0.150. The summed E-state index contributed by atoms with van der Waals surface area (Å²) >= 11 is 6.03. The summed E-state index contributed by atoms with van der Waals surface area (Å²) < 4.78 is 5.06. The van der Waals surface area contributed by atoms with Gasteiger partial charge in [-0.15, -0.1) is 0 Å². The molecule has 2 amide bonds. The molecule has 8 heteroatoms. The zero-order valence-electron chi connectivity index (χ0n) is 15.7. The molecule has 2 rings (SSSR count). The number of piperidine rings is 1. The first kappa shape index (κ1) is 21.2. The second-order valence-electron chi connectivity index (χ2n) is 6.56. The molecular formula is C19H26ClN3O4. The van der Waals surface area contributed by atoms with Crippen molar-refractivity contribution in [2.24, 2.45) is 5.92 Å². The molecule has 0 saturated carbocycles. The molecule has 0 aliphatic carbocycles. The van der Waals surface area contributed by atoms with Crippen LogP contribution in [0.1, 0.15) is 25.3 Å². The number of nitrogens with one attached hydrogen (secondary N) is 2. The molecule has 1 heterocycles. The first-order valence-electron chi connectivity index (χ1n) is 9.11. The number of ether oxygens (including phenoxy) is 1. The molecule has 1 atom stereocenters. The zero-order valence-corrected chi connectivity index (χ0v) is 16.5. The fourth-order valence-corrected chi connectivity index (χ4v) is 3.20. The van der Waals surface area contributed by atoms with Crippen LogP contribution in [-0.4, -0.2) is 55.5 Å². The molecule has 1 aliphatic rings. The lowest BCUT2D eigenvalue weighted by atomic mass is 9.98. The number of carbonyl (C=O) groups excluding carboxylic acids is 3. The number of benzene rings is 1. The normalized spacial score (nSPS) is 17.2. The summed E-state index contributed by atoms with van der Waals surface area (Å²) in [5.74, 6) is -0.978. The molecule has 1 saturated heterocycles. The van der Waals surface area contributed by atoms with Crippen LogP contribution in [0.15, 0.2) is 18.2 Å². The molecule has 0 bridgehead atoms. The van der Waals surface area contributed by atoms with Gasteiger partial charge in [0.25, 0.3) is 0 Å². The average molecular weight is 396 g/mol. The second-order valence-corrected chi connectivity index (χ2v) is 6.97. The van der Waals surface area contributed by atoms with Crippen LogP contribution in [0.25, 0.3) is 0 Å². The van der Waals surface area contributed by atoms with Gasteiger partial charge in [-0.05, 0) is 50.9 Å². The maximum atomic E-state index is 12.1. The quantitative estimate of drug-likeness (QED) is 0.689. The van der Waals surface area contributed by atoms with Crippen molar-refractivity contribution in [1.29, 1.82) is 0 Å². The van der Waals surface area contributed by atoms with Crippen molar-refractivity contribution in [3.63, 3.8) is 0 Å². The summed E-state index contributed by atoms with van der Waals surface area (Å²) in [6.07, 6.45) is 1.61. The molecule has 1 aliphatic heterocycles. The summed E-state index contributed by atoms with van der Waals surface area (Å²) in [4.78, 5) is 37.9.